The second-order valence-electron chi connectivity index (χ2n) is 2.89. The van der Waals surface area contributed by atoms with E-state index in [0.717, 1.165) is 0 Å². The summed E-state index contributed by atoms with van der Waals surface area (Å²) in [5.74, 6) is -1.68. The van der Waals surface area contributed by atoms with Gasteiger partial charge in [0.1, 0.15) is 12.1 Å². The van der Waals surface area contributed by atoms with Crippen LogP contribution in [0.1, 0.15) is 0 Å². The standard InChI is InChI=1S/C6H12N2O4S2.Na.H2O3S2/c7-3(5(9)10)1-13-14-2-4(8)6(11)12;;1-5(2,3)4/h3-4H,1-2,7-8H2,(H,9,10)(H,11,12);;(H2,1,2,3,4)/q;+1;/p-1. The molecular weight excluding hydrogens is 363 g/mol. The Kier molecular flexibility index (Phi) is 17.4. The van der Waals surface area contributed by atoms with Crippen molar-refractivity contribution in [3.63, 3.8) is 0 Å². The summed E-state index contributed by atoms with van der Waals surface area (Å²) in [5, 5.41) is 16.8. The maximum Gasteiger partial charge on any atom is 1.00 e. The van der Waals surface area contributed by atoms with Crippen LogP contribution in [0.25, 0.3) is 0 Å². The minimum absolute atomic E-state index is 0. The van der Waals surface area contributed by atoms with Crippen LogP contribution in [-0.4, -0.2) is 59.1 Å². The van der Waals surface area contributed by atoms with E-state index in [2.05, 4.69) is 11.2 Å². The van der Waals surface area contributed by atoms with Gasteiger partial charge in [0.05, 0.1) is 9.05 Å². The van der Waals surface area contributed by atoms with Gasteiger partial charge in [0.2, 0.25) is 0 Å². The van der Waals surface area contributed by atoms with Crippen molar-refractivity contribution in [3.05, 3.63) is 0 Å². The Morgan fingerprint density at radius 3 is 1.50 bits per heavy atom. The summed E-state index contributed by atoms with van der Waals surface area (Å²) in [6.45, 7) is 0. The van der Waals surface area contributed by atoms with Gasteiger partial charge in [-0.3, -0.25) is 9.59 Å². The number of carbonyl (C=O) groups is 2. The molecule has 3 unspecified atom stereocenters. The zero-order valence-electron chi connectivity index (χ0n) is 10.3. The predicted molar refractivity (Wildman–Crippen MR) is 75.1 cm³/mol. The second kappa shape index (κ2) is 13.5. The van der Waals surface area contributed by atoms with Gasteiger partial charge in [0, 0.05) is 11.5 Å². The topological polar surface area (TPSA) is 187 Å². The number of hydrogen-bond acceptors (Lipinski definition) is 9. The maximum atomic E-state index is 10.3. The van der Waals surface area contributed by atoms with E-state index in [1.165, 1.54) is 21.6 Å². The molecule has 0 saturated heterocycles. The minimum atomic E-state index is -4.08. The summed E-state index contributed by atoms with van der Waals surface area (Å²) >= 11 is 3.35. The van der Waals surface area contributed by atoms with Crippen LogP contribution in [0, 0.1) is 0 Å². The van der Waals surface area contributed by atoms with E-state index in [1.54, 1.807) is 0 Å². The molecule has 0 aliphatic carbocycles. The molecule has 9 nitrogen and oxygen atoms in total. The van der Waals surface area contributed by atoms with Gasteiger partial charge in [0.15, 0.2) is 0 Å². The molecule has 20 heavy (non-hydrogen) atoms. The molecule has 7 N–H and O–H groups in total. The third-order valence-electron chi connectivity index (χ3n) is 1.21. The quantitative estimate of drug-likeness (QED) is 0.163. The van der Waals surface area contributed by atoms with E-state index in [1.807, 2.05) is 0 Å². The SMILES string of the molecule is NC(CSSCC(N)C(=O)O)C(=O)O.O=S([O-])(O)=S.[Na+]. The average molecular weight is 376 g/mol. The summed E-state index contributed by atoms with van der Waals surface area (Å²) in [7, 11) is -1.68. The van der Waals surface area contributed by atoms with Gasteiger partial charge in [-0.15, -0.1) is 0 Å². The fourth-order valence-electron chi connectivity index (χ4n) is 0.385. The van der Waals surface area contributed by atoms with Crippen molar-refractivity contribution in [1.82, 2.24) is 0 Å². The molecule has 0 rings (SSSR count). The minimum Gasteiger partial charge on any atom is -0.748 e. The van der Waals surface area contributed by atoms with Crippen molar-refractivity contribution >= 4 is 53.8 Å². The Morgan fingerprint density at radius 1 is 1.15 bits per heavy atom. The molecule has 0 heterocycles. The van der Waals surface area contributed by atoms with Crippen LogP contribution in [0.5, 0.6) is 0 Å². The Labute approximate surface area is 150 Å². The predicted octanol–water partition coefficient (Wildman–Crippen LogP) is -4.47. The number of rotatable bonds is 7. The maximum absolute atomic E-state index is 10.3. The number of carboxylic acid groups (broad SMARTS) is 2. The average Bonchev–Trinajstić information content (AvgIpc) is 2.20. The molecule has 0 bridgehead atoms. The summed E-state index contributed by atoms with van der Waals surface area (Å²) < 4.78 is 25.3. The number of carboxylic acids is 2. The van der Waals surface area contributed by atoms with Crippen LogP contribution in [0.15, 0.2) is 0 Å². The molecule has 0 aromatic rings. The van der Waals surface area contributed by atoms with Crippen molar-refractivity contribution in [2.75, 3.05) is 11.5 Å². The fraction of sp³-hybridized carbons (Fsp3) is 0.667. The first-order valence-electron chi connectivity index (χ1n) is 4.34. The first-order valence-corrected chi connectivity index (χ1v) is 9.20. The van der Waals surface area contributed by atoms with E-state index >= 15 is 0 Å². The molecule has 14 heteroatoms. The van der Waals surface area contributed by atoms with Gasteiger partial charge in [-0.05, 0) is 11.2 Å². The zero-order valence-corrected chi connectivity index (χ0v) is 15.6. The van der Waals surface area contributed by atoms with Crippen molar-refractivity contribution in [2.45, 2.75) is 12.1 Å². The monoisotopic (exact) mass is 376 g/mol. The number of aliphatic carboxylic acids is 2. The Balaban J connectivity index is -0.000000414. The molecule has 0 amide bonds. The van der Waals surface area contributed by atoms with Crippen LogP contribution < -0.4 is 41.0 Å². The molecule has 0 aliphatic heterocycles. The van der Waals surface area contributed by atoms with Gasteiger partial charge in [-0.25, -0.2) is 4.21 Å². The summed E-state index contributed by atoms with van der Waals surface area (Å²) in [6, 6.07) is -1.85. The van der Waals surface area contributed by atoms with Gasteiger partial charge in [0.25, 0.3) is 0 Å². The third kappa shape index (κ3) is 23.9. The Hall–Kier alpha value is 0.850. The van der Waals surface area contributed by atoms with E-state index in [-0.39, 0.29) is 41.1 Å². The molecule has 0 aliphatic rings. The molecule has 3 atom stereocenters. The van der Waals surface area contributed by atoms with E-state index in [0.29, 0.717) is 0 Å². The van der Waals surface area contributed by atoms with Crippen LogP contribution >= 0.6 is 21.6 Å². The van der Waals surface area contributed by atoms with Gasteiger partial charge in [-0.1, -0.05) is 21.6 Å². The normalized spacial score (nSPS) is 15.6. The fourth-order valence-corrected chi connectivity index (χ4v) is 2.61. The second-order valence-corrected chi connectivity index (χ2v) is 7.56. The molecule has 0 saturated carbocycles. The van der Waals surface area contributed by atoms with Crippen molar-refractivity contribution < 1.29 is 62.7 Å². The Morgan fingerprint density at radius 2 is 1.35 bits per heavy atom. The van der Waals surface area contributed by atoms with Gasteiger partial charge < -0.3 is 30.8 Å². The van der Waals surface area contributed by atoms with Crippen molar-refractivity contribution in [1.29, 1.82) is 0 Å². The summed E-state index contributed by atoms with van der Waals surface area (Å²) in [4.78, 5) is 20.5. The number of hydrogen-bond donors (Lipinski definition) is 5. The van der Waals surface area contributed by atoms with Crippen LogP contribution in [0.3, 0.4) is 0 Å². The molecule has 0 fully saturated rings. The van der Waals surface area contributed by atoms with Gasteiger partial charge in [-0.2, -0.15) is 0 Å². The van der Waals surface area contributed by atoms with Crippen LogP contribution in [0.4, 0.5) is 0 Å². The van der Waals surface area contributed by atoms with E-state index in [4.69, 9.17) is 35.0 Å². The van der Waals surface area contributed by atoms with E-state index in [9.17, 15) is 9.59 Å². The molecular formula is C6H13N2NaO7S4. The number of nitrogens with two attached hydrogens (primary N) is 2. The van der Waals surface area contributed by atoms with Crippen LogP contribution in [-0.2, 0) is 29.8 Å². The van der Waals surface area contributed by atoms with Gasteiger partial charge >= 0.3 is 41.5 Å². The molecule has 0 aromatic heterocycles. The summed E-state index contributed by atoms with van der Waals surface area (Å²) in [6.07, 6.45) is 0. The largest absolute Gasteiger partial charge is 1.00 e. The zero-order chi connectivity index (χ0) is 15.6. The van der Waals surface area contributed by atoms with Crippen molar-refractivity contribution in [3.8, 4) is 0 Å². The first kappa shape index (κ1) is 25.8. The van der Waals surface area contributed by atoms with E-state index < -0.39 is 33.1 Å². The molecule has 114 valence electrons. The summed E-state index contributed by atoms with van der Waals surface area (Å²) in [5.41, 5.74) is 10.4. The van der Waals surface area contributed by atoms with Crippen molar-refractivity contribution in [2.24, 2.45) is 11.5 Å². The smallest absolute Gasteiger partial charge is 0.748 e. The first-order chi connectivity index (χ1) is 8.45. The molecule has 0 aromatic carbocycles. The van der Waals surface area contributed by atoms with Crippen LogP contribution in [0.2, 0.25) is 0 Å². The molecule has 0 spiro atoms. The third-order valence-corrected chi connectivity index (χ3v) is 3.69. The molecule has 0 radical (unpaired) electrons. The Bertz CT molecular complexity index is 363.